The first-order valence-corrected chi connectivity index (χ1v) is 7.76. The Morgan fingerprint density at radius 2 is 2.17 bits per heavy atom. The topological polar surface area (TPSA) is 80.3 Å². The second kappa shape index (κ2) is 6.83. The van der Waals surface area contributed by atoms with Crippen molar-refractivity contribution in [3.63, 3.8) is 0 Å². The normalized spacial score (nSPS) is 11.0. The summed E-state index contributed by atoms with van der Waals surface area (Å²) < 4.78 is 27.8. The van der Waals surface area contributed by atoms with Gasteiger partial charge in [0.05, 0.1) is 28.8 Å². The summed E-state index contributed by atoms with van der Waals surface area (Å²) in [6, 6.07) is 4.87. The Kier molecular flexibility index (Phi) is 4.61. The van der Waals surface area contributed by atoms with Crippen LogP contribution in [0, 0.1) is 12.3 Å². The monoisotopic (exact) mass is 346 g/mol. The standard InChI is InChI=1S/C15H12F2N6S/c1-9-11(7-23(22-9)10-3-2-4-19-6-10)12-5-13(14(16)17)21-15(20-12)24-8-18/h2-8,14,18H,1H3. The lowest BCUT2D eigenvalue weighted by Gasteiger charge is -2.05. The molecule has 0 unspecified atom stereocenters. The molecule has 0 aliphatic rings. The molecule has 24 heavy (non-hydrogen) atoms. The van der Waals surface area contributed by atoms with Crippen molar-refractivity contribution < 1.29 is 8.78 Å². The third kappa shape index (κ3) is 3.30. The summed E-state index contributed by atoms with van der Waals surface area (Å²) in [5.41, 5.74) is 2.98. The van der Waals surface area contributed by atoms with Crippen LogP contribution in [0.1, 0.15) is 17.8 Å². The van der Waals surface area contributed by atoms with Crippen LogP contribution in [0.5, 0.6) is 0 Å². The van der Waals surface area contributed by atoms with Gasteiger partial charge in [-0.2, -0.15) is 5.10 Å². The average Bonchev–Trinajstić information content (AvgIpc) is 2.97. The lowest BCUT2D eigenvalue weighted by atomic mass is 10.1. The first-order chi connectivity index (χ1) is 11.6. The molecule has 0 saturated heterocycles. The van der Waals surface area contributed by atoms with Crippen molar-refractivity contribution in [1.82, 2.24) is 24.7 Å². The molecule has 0 radical (unpaired) electrons. The van der Waals surface area contributed by atoms with Crippen molar-refractivity contribution >= 4 is 17.3 Å². The van der Waals surface area contributed by atoms with Crippen LogP contribution in [0.25, 0.3) is 16.9 Å². The third-order valence-electron chi connectivity index (χ3n) is 3.20. The van der Waals surface area contributed by atoms with Crippen LogP contribution in [0.4, 0.5) is 8.78 Å². The van der Waals surface area contributed by atoms with Crippen molar-refractivity contribution in [2.45, 2.75) is 18.5 Å². The van der Waals surface area contributed by atoms with Gasteiger partial charge in [-0.05, 0) is 36.9 Å². The first-order valence-electron chi connectivity index (χ1n) is 6.88. The maximum atomic E-state index is 13.1. The lowest BCUT2D eigenvalue weighted by molar-refractivity contribution is 0.145. The number of hydrogen-bond donors (Lipinski definition) is 1. The predicted molar refractivity (Wildman–Crippen MR) is 86.7 cm³/mol. The van der Waals surface area contributed by atoms with E-state index in [0.29, 0.717) is 17.0 Å². The van der Waals surface area contributed by atoms with Gasteiger partial charge in [0, 0.05) is 18.0 Å². The van der Waals surface area contributed by atoms with E-state index >= 15 is 0 Å². The molecule has 0 atom stereocenters. The van der Waals surface area contributed by atoms with E-state index in [4.69, 9.17) is 5.41 Å². The molecule has 0 aliphatic carbocycles. The molecule has 122 valence electrons. The fraction of sp³-hybridized carbons (Fsp3) is 0.133. The van der Waals surface area contributed by atoms with Crippen molar-refractivity contribution in [3.8, 4) is 16.9 Å². The van der Waals surface area contributed by atoms with Gasteiger partial charge in [-0.3, -0.25) is 4.98 Å². The van der Waals surface area contributed by atoms with Gasteiger partial charge < -0.3 is 5.41 Å². The zero-order chi connectivity index (χ0) is 17.1. The fourth-order valence-electron chi connectivity index (χ4n) is 2.13. The van der Waals surface area contributed by atoms with Gasteiger partial charge in [0.15, 0.2) is 5.16 Å². The Labute approximate surface area is 140 Å². The molecule has 0 aromatic carbocycles. The maximum Gasteiger partial charge on any atom is 0.280 e. The molecule has 0 fully saturated rings. The van der Waals surface area contributed by atoms with E-state index in [0.717, 1.165) is 23.0 Å². The van der Waals surface area contributed by atoms with Gasteiger partial charge in [0.2, 0.25) is 0 Å². The predicted octanol–water partition coefficient (Wildman–Crippen LogP) is 3.67. The van der Waals surface area contributed by atoms with Gasteiger partial charge in [-0.1, -0.05) is 0 Å². The van der Waals surface area contributed by atoms with E-state index in [-0.39, 0.29) is 10.9 Å². The largest absolute Gasteiger partial charge is 0.301 e. The molecule has 0 spiro atoms. The Morgan fingerprint density at radius 3 is 2.83 bits per heavy atom. The van der Waals surface area contributed by atoms with E-state index in [1.807, 2.05) is 6.07 Å². The van der Waals surface area contributed by atoms with Gasteiger partial charge >= 0.3 is 0 Å². The van der Waals surface area contributed by atoms with E-state index in [2.05, 4.69) is 20.1 Å². The Bertz CT molecular complexity index is 866. The zero-order valence-corrected chi connectivity index (χ0v) is 13.3. The van der Waals surface area contributed by atoms with E-state index < -0.39 is 6.43 Å². The van der Waals surface area contributed by atoms with Crippen molar-refractivity contribution in [2.75, 3.05) is 0 Å². The molecule has 0 aliphatic heterocycles. The quantitative estimate of drug-likeness (QED) is 0.330. The van der Waals surface area contributed by atoms with Crippen LogP contribution in [0.2, 0.25) is 0 Å². The van der Waals surface area contributed by atoms with Crippen molar-refractivity contribution in [2.24, 2.45) is 0 Å². The molecule has 3 aromatic rings. The number of halogens is 2. The first kappa shape index (κ1) is 16.2. The maximum absolute atomic E-state index is 13.1. The van der Waals surface area contributed by atoms with Gasteiger partial charge in [-0.25, -0.2) is 23.4 Å². The number of rotatable bonds is 5. The SMILES string of the molecule is Cc1nn(-c2cccnc2)cc1-c1cc(C(F)F)nc(SC=N)n1. The molecule has 3 aromatic heterocycles. The van der Waals surface area contributed by atoms with Crippen LogP contribution in [0.15, 0.2) is 41.9 Å². The molecule has 6 nitrogen and oxygen atoms in total. The van der Waals surface area contributed by atoms with Gasteiger partial charge in [0.25, 0.3) is 6.43 Å². The third-order valence-corrected chi connectivity index (χ3v) is 3.71. The molecule has 3 rings (SSSR count). The summed E-state index contributed by atoms with van der Waals surface area (Å²) in [7, 11) is 0. The van der Waals surface area contributed by atoms with Crippen molar-refractivity contribution in [1.29, 1.82) is 5.41 Å². The zero-order valence-electron chi connectivity index (χ0n) is 12.5. The Morgan fingerprint density at radius 1 is 1.33 bits per heavy atom. The van der Waals surface area contributed by atoms with Crippen LogP contribution in [0.3, 0.4) is 0 Å². The number of nitrogens with zero attached hydrogens (tertiary/aromatic N) is 5. The minimum absolute atomic E-state index is 0.103. The van der Waals surface area contributed by atoms with E-state index in [9.17, 15) is 8.78 Å². The molecule has 1 N–H and O–H groups in total. The second-order valence-electron chi connectivity index (χ2n) is 4.78. The van der Waals surface area contributed by atoms with Crippen molar-refractivity contribution in [3.05, 3.63) is 48.2 Å². The van der Waals surface area contributed by atoms with E-state index in [1.165, 1.54) is 6.07 Å². The number of aryl methyl sites for hydroxylation is 1. The smallest absolute Gasteiger partial charge is 0.280 e. The number of thioether (sulfide) groups is 1. The molecule has 0 bridgehead atoms. The minimum Gasteiger partial charge on any atom is -0.301 e. The highest BCUT2D eigenvalue weighted by atomic mass is 32.2. The summed E-state index contributed by atoms with van der Waals surface area (Å²) >= 11 is 0.874. The minimum atomic E-state index is -2.72. The van der Waals surface area contributed by atoms with E-state index in [1.54, 1.807) is 36.3 Å². The molecule has 3 heterocycles. The molecular weight excluding hydrogens is 334 g/mol. The summed E-state index contributed by atoms with van der Waals surface area (Å²) in [4.78, 5) is 12.0. The summed E-state index contributed by atoms with van der Waals surface area (Å²) in [5.74, 6) is 0. The van der Waals surface area contributed by atoms with Crippen LogP contribution in [-0.2, 0) is 0 Å². The number of pyridine rings is 1. The number of aromatic nitrogens is 5. The van der Waals surface area contributed by atoms with Gasteiger partial charge in [-0.15, -0.1) is 0 Å². The Hall–Kier alpha value is -2.68. The Balaban J connectivity index is 2.08. The second-order valence-corrected chi connectivity index (χ2v) is 5.62. The molecule has 9 heteroatoms. The molecule has 0 amide bonds. The highest BCUT2D eigenvalue weighted by Crippen LogP contribution is 2.28. The van der Waals surface area contributed by atoms with Crippen LogP contribution >= 0.6 is 11.8 Å². The lowest BCUT2D eigenvalue weighted by Crippen LogP contribution is -1.98. The number of nitrogens with one attached hydrogen (secondary N) is 1. The highest BCUT2D eigenvalue weighted by Gasteiger charge is 2.17. The fourth-order valence-corrected chi connectivity index (χ4v) is 2.55. The molecular formula is C15H12F2N6S. The highest BCUT2D eigenvalue weighted by molar-refractivity contribution is 8.11. The average molecular weight is 346 g/mol. The van der Waals surface area contributed by atoms with Crippen LogP contribution < -0.4 is 0 Å². The van der Waals surface area contributed by atoms with Gasteiger partial charge in [0.1, 0.15) is 5.69 Å². The number of alkyl halides is 2. The molecule has 0 saturated carbocycles. The number of hydrogen-bond acceptors (Lipinski definition) is 6. The summed E-state index contributed by atoms with van der Waals surface area (Å²) in [6.45, 7) is 1.77. The summed E-state index contributed by atoms with van der Waals surface area (Å²) in [6.07, 6.45) is 2.30. The summed E-state index contributed by atoms with van der Waals surface area (Å²) in [5, 5.41) is 11.6. The van der Waals surface area contributed by atoms with Crippen LogP contribution in [-0.4, -0.2) is 30.3 Å².